The molecule has 2 aliphatic heterocycles. The molecule has 8 heteroatoms. The number of aliphatic carboxylic acids is 1. The van der Waals surface area contributed by atoms with Crippen molar-refractivity contribution in [2.75, 3.05) is 14.1 Å². The normalized spacial score (nSPS) is 29.5. The summed E-state index contributed by atoms with van der Waals surface area (Å²) in [5.74, 6) is -1.10. The van der Waals surface area contributed by atoms with E-state index in [9.17, 15) is 14.4 Å². The van der Waals surface area contributed by atoms with E-state index in [0.29, 0.717) is 0 Å². The molecular formula is C9H14N4O4. The fourth-order valence-electron chi connectivity index (χ4n) is 2.25. The molecule has 2 N–H and O–H groups in total. The molecule has 2 aliphatic rings. The van der Waals surface area contributed by atoms with Crippen LogP contribution in [0.15, 0.2) is 0 Å². The van der Waals surface area contributed by atoms with Gasteiger partial charge in [-0.3, -0.25) is 4.90 Å². The fraction of sp³-hybridized carbons (Fsp3) is 0.667. The largest absolute Gasteiger partial charge is 0.480 e. The molecule has 0 saturated carbocycles. The van der Waals surface area contributed by atoms with Gasteiger partial charge in [-0.05, 0) is 6.92 Å². The molecule has 0 unspecified atom stereocenters. The Morgan fingerprint density at radius 1 is 1.35 bits per heavy atom. The second kappa shape index (κ2) is 3.51. The molecule has 0 bridgehead atoms. The van der Waals surface area contributed by atoms with Crippen LogP contribution in [-0.2, 0) is 4.79 Å². The van der Waals surface area contributed by atoms with Crippen LogP contribution in [0.25, 0.3) is 0 Å². The average Bonchev–Trinajstić information content (AvgIpc) is 2.70. The number of urea groups is 2. The van der Waals surface area contributed by atoms with Gasteiger partial charge in [0.25, 0.3) is 0 Å². The summed E-state index contributed by atoms with van der Waals surface area (Å²) in [7, 11) is 3.12. The summed E-state index contributed by atoms with van der Waals surface area (Å²) in [5, 5.41) is 11.6. The number of hydrogen-bond donors (Lipinski definition) is 2. The molecule has 0 aromatic rings. The van der Waals surface area contributed by atoms with Crippen molar-refractivity contribution >= 4 is 18.0 Å². The monoisotopic (exact) mass is 242 g/mol. The maximum Gasteiger partial charge on any atom is 0.326 e. The summed E-state index contributed by atoms with van der Waals surface area (Å²) < 4.78 is 0. The molecule has 2 saturated heterocycles. The Balaban J connectivity index is 2.33. The van der Waals surface area contributed by atoms with Gasteiger partial charge in [0.1, 0.15) is 18.4 Å². The van der Waals surface area contributed by atoms with Crippen molar-refractivity contribution in [3.63, 3.8) is 0 Å². The zero-order valence-corrected chi connectivity index (χ0v) is 9.75. The Morgan fingerprint density at radius 2 is 1.94 bits per heavy atom. The molecule has 2 rings (SSSR count). The van der Waals surface area contributed by atoms with E-state index >= 15 is 0 Å². The molecule has 94 valence electrons. The first-order valence-corrected chi connectivity index (χ1v) is 5.17. The van der Waals surface area contributed by atoms with Crippen molar-refractivity contribution in [2.45, 2.75) is 25.3 Å². The van der Waals surface area contributed by atoms with Crippen molar-refractivity contribution in [2.24, 2.45) is 0 Å². The first kappa shape index (κ1) is 11.5. The number of carbonyl (C=O) groups is 3. The van der Waals surface area contributed by atoms with Crippen molar-refractivity contribution in [3.05, 3.63) is 0 Å². The minimum Gasteiger partial charge on any atom is -0.480 e. The SMILES string of the molecule is C[C@@H](C(=O)O)N1C(=O)N[C@@H]2[C@H]1N(C)C(=O)N2C. The molecule has 4 amide bonds. The number of fused-ring (bicyclic) bond motifs is 1. The fourth-order valence-corrected chi connectivity index (χ4v) is 2.25. The number of carboxylic acid groups (broad SMARTS) is 1. The zero-order chi connectivity index (χ0) is 12.9. The van der Waals surface area contributed by atoms with Crippen LogP contribution in [0.1, 0.15) is 6.92 Å². The number of nitrogens with one attached hydrogen (secondary N) is 1. The summed E-state index contributed by atoms with van der Waals surface area (Å²) in [6, 6.07) is -1.70. The zero-order valence-electron chi connectivity index (χ0n) is 9.75. The number of hydrogen-bond acceptors (Lipinski definition) is 3. The summed E-state index contributed by atoms with van der Waals surface area (Å²) in [5.41, 5.74) is 0. The molecular weight excluding hydrogens is 228 g/mol. The molecule has 2 fully saturated rings. The van der Waals surface area contributed by atoms with Crippen molar-refractivity contribution in [1.29, 1.82) is 0 Å². The van der Waals surface area contributed by atoms with E-state index in [1.807, 2.05) is 0 Å². The van der Waals surface area contributed by atoms with E-state index in [1.165, 1.54) is 21.6 Å². The van der Waals surface area contributed by atoms with E-state index in [4.69, 9.17) is 5.11 Å². The van der Waals surface area contributed by atoms with Crippen molar-refractivity contribution in [3.8, 4) is 0 Å². The number of carbonyl (C=O) groups excluding carboxylic acids is 2. The summed E-state index contributed by atoms with van der Waals surface area (Å²) >= 11 is 0. The molecule has 0 radical (unpaired) electrons. The third-order valence-corrected chi connectivity index (χ3v) is 3.27. The van der Waals surface area contributed by atoms with Gasteiger partial charge in [0, 0.05) is 14.1 Å². The Morgan fingerprint density at radius 3 is 2.47 bits per heavy atom. The summed E-state index contributed by atoms with van der Waals surface area (Å²) in [6.45, 7) is 1.42. The molecule has 0 spiro atoms. The second-order valence-electron chi connectivity index (χ2n) is 4.23. The van der Waals surface area contributed by atoms with Gasteiger partial charge in [-0.1, -0.05) is 0 Å². The van der Waals surface area contributed by atoms with Crippen LogP contribution in [0.4, 0.5) is 9.59 Å². The van der Waals surface area contributed by atoms with Gasteiger partial charge in [-0.15, -0.1) is 0 Å². The van der Waals surface area contributed by atoms with E-state index in [2.05, 4.69) is 5.32 Å². The number of likely N-dealkylation sites (N-methyl/N-ethyl adjacent to an activating group) is 2. The Labute approximate surface area is 97.8 Å². The van der Waals surface area contributed by atoms with Crippen LogP contribution >= 0.6 is 0 Å². The van der Waals surface area contributed by atoms with Crippen LogP contribution in [0.2, 0.25) is 0 Å². The third-order valence-electron chi connectivity index (χ3n) is 3.27. The van der Waals surface area contributed by atoms with Crippen molar-refractivity contribution in [1.82, 2.24) is 20.0 Å². The van der Waals surface area contributed by atoms with Crippen molar-refractivity contribution < 1.29 is 19.5 Å². The molecule has 8 nitrogen and oxygen atoms in total. The summed E-state index contributed by atoms with van der Waals surface area (Å²) in [6.07, 6.45) is -1.08. The Kier molecular flexibility index (Phi) is 2.37. The molecule has 0 aromatic carbocycles. The highest BCUT2D eigenvalue weighted by Crippen LogP contribution is 2.28. The van der Waals surface area contributed by atoms with Gasteiger partial charge in [0.2, 0.25) is 0 Å². The highest BCUT2D eigenvalue weighted by Gasteiger charge is 2.54. The first-order chi connectivity index (χ1) is 7.86. The van der Waals surface area contributed by atoms with Crippen LogP contribution in [0.5, 0.6) is 0 Å². The van der Waals surface area contributed by atoms with Crippen LogP contribution in [-0.4, -0.2) is 70.3 Å². The first-order valence-electron chi connectivity index (χ1n) is 5.17. The second-order valence-corrected chi connectivity index (χ2v) is 4.23. The minimum atomic E-state index is -1.10. The van der Waals surface area contributed by atoms with E-state index in [1.54, 1.807) is 14.1 Å². The van der Waals surface area contributed by atoms with Crippen LogP contribution < -0.4 is 5.32 Å². The van der Waals surface area contributed by atoms with E-state index in [-0.39, 0.29) is 6.03 Å². The van der Waals surface area contributed by atoms with Crippen LogP contribution in [0.3, 0.4) is 0 Å². The number of amides is 4. The topological polar surface area (TPSA) is 93.2 Å². The molecule has 0 aromatic heterocycles. The van der Waals surface area contributed by atoms with Gasteiger partial charge in [-0.25, -0.2) is 14.4 Å². The van der Waals surface area contributed by atoms with Gasteiger partial charge in [-0.2, -0.15) is 0 Å². The summed E-state index contributed by atoms with van der Waals surface area (Å²) in [4.78, 5) is 38.3. The smallest absolute Gasteiger partial charge is 0.326 e. The Bertz CT molecular complexity index is 398. The lowest BCUT2D eigenvalue weighted by molar-refractivity contribution is -0.142. The molecule has 0 aliphatic carbocycles. The highest BCUT2D eigenvalue weighted by molar-refractivity contribution is 5.88. The van der Waals surface area contributed by atoms with Crippen LogP contribution in [0, 0.1) is 0 Å². The quantitative estimate of drug-likeness (QED) is 0.658. The lowest BCUT2D eigenvalue weighted by atomic mass is 10.2. The van der Waals surface area contributed by atoms with Gasteiger partial charge < -0.3 is 20.2 Å². The number of nitrogens with zero attached hydrogens (tertiary/aromatic N) is 3. The number of carboxylic acids is 1. The predicted octanol–water partition coefficient (Wildman–Crippen LogP) is -0.866. The van der Waals surface area contributed by atoms with Gasteiger partial charge in [0.15, 0.2) is 0 Å². The molecule has 17 heavy (non-hydrogen) atoms. The maximum atomic E-state index is 11.7. The van der Waals surface area contributed by atoms with Gasteiger partial charge >= 0.3 is 18.0 Å². The van der Waals surface area contributed by atoms with Gasteiger partial charge in [0.05, 0.1) is 0 Å². The highest BCUT2D eigenvalue weighted by atomic mass is 16.4. The standard InChI is InChI=1S/C9H14N4O4/c1-4(7(14)15)13-6-5(10-8(13)16)11(2)9(17)12(6)3/h4-6H,1-3H3,(H,10,16)(H,14,15)/t4-,5-,6-/m0/s1. The number of rotatable bonds is 2. The Hall–Kier alpha value is -1.99. The maximum absolute atomic E-state index is 11.7. The predicted molar refractivity (Wildman–Crippen MR) is 56.0 cm³/mol. The molecule has 3 atom stereocenters. The third kappa shape index (κ3) is 1.40. The van der Waals surface area contributed by atoms with E-state index < -0.39 is 30.4 Å². The minimum absolute atomic E-state index is 0.248. The lowest BCUT2D eigenvalue weighted by Crippen LogP contribution is -2.51. The lowest BCUT2D eigenvalue weighted by Gasteiger charge is -2.29. The van der Waals surface area contributed by atoms with E-state index in [0.717, 1.165) is 0 Å². The molecule has 2 heterocycles. The average molecular weight is 242 g/mol.